The van der Waals surface area contributed by atoms with Crippen LogP contribution in [0.3, 0.4) is 0 Å². The summed E-state index contributed by atoms with van der Waals surface area (Å²) < 4.78 is 6.48. The van der Waals surface area contributed by atoms with Crippen LogP contribution in [0, 0.1) is 0 Å². The fraction of sp³-hybridized carbons (Fsp3) is 0.286. The van der Waals surface area contributed by atoms with Gasteiger partial charge in [-0.05, 0) is 40.6 Å². The molecule has 0 radical (unpaired) electrons. The monoisotopic (exact) mass is 315 g/mol. The minimum atomic E-state index is -0.193. The molecule has 0 saturated carbocycles. The summed E-state index contributed by atoms with van der Waals surface area (Å²) >= 11 is 0. The van der Waals surface area contributed by atoms with E-state index in [-0.39, 0.29) is 18.4 Å². The maximum atomic E-state index is 11.8. The number of hydrogen-bond acceptors (Lipinski definition) is 6. The number of rotatable bonds is 6. The number of anilines is 1. The quantitative estimate of drug-likeness (QED) is 0.593. The Balaban J connectivity index is 1.58. The van der Waals surface area contributed by atoms with E-state index < -0.39 is 0 Å². The van der Waals surface area contributed by atoms with E-state index in [0.29, 0.717) is 13.0 Å². The van der Waals surface area contributed by atoms with Crippen molar-refractivity contribution < 1.29 is 9.53 Å². The number of nitrogens with zero attached hydrogens (tertiary/aromatic N) is 4. The topological polar surface area (TPSA) is 124 Å². The maximum absolute atomic E-state index is 11.8. The van der Waals surface area contributed by atoms with Gasteiger partial charge in [-0.25, -0.2) is 4.68 Å². The first-order valence-corrected chi connectivity index (χ1v) is 7.09. The molecular weight excluding hydrogens is 298 g/mol. The lowest BCUT2D eigenvalue weighted by Crippen LogP contribution is -2.30. The number of benzene rings is 1. The molecule has 0 spiro atoms. The van der Waals surface area contributed by atoms with Crippen LogP contribution in [0.25, 0.3) is 10.9 Å². The van der Waals surface area contributed by atoms with E-state index in [2.05, 4.69) is 25.8 Å². The molecule has 23 heavy (non-hydrogen) atoms. The van der Waals surface area contributed by atoms with Gasteiger partial charge in [-0.1, -0.05) is 5.10 Å². The second kappa shape index (κ2) is 6.34. The highest BCUT2D eigenvalue weighted by Gasteiger charge is 2.09. The fourth-order valence-electron chi connectivity index (χ4n) is 2.34. The number of hydrogen-bond donors (Lipinski definition) is 3. The maximum Gasteiger partial charge on any atom is 0.241 e. The summed E-state index contributed by atoms with van der Waals surface area (Å²) in [6, 6.07) is 5.85. The second-order valence-corrected chi connectivity index (χ2v) is 5.02. The molecule has 0 aliphatic carbocycles. The molecule has 0 fully saturated rings. The van der Waals surface area contributed by atoms with Gasteiger partial charge in [0.25, 0.3) is 0 Å². The molecule has 0 atom stereocenters. The first kappa shape index (κ1) is 14.8. The van der Waals surface area contributed by atoms with Gasteiger partial charge in [0.15, 0.2) is 0 Å². The summed E-state index contributed by atoms with van der Waals surface area (Å²) in [6.45, 7) is 0.506. The Hall–Kier alpha value is -3.10. The van der Waals surface area contributed by atoms with Crippen LogP contribution in [0.2, 0.25) is 0 Å². The number of ether oxygens (including phenoxy) is 1. The van der Waals surface area contributed by atoms with Gasteiger partial charge in [-0.15, -0.1) is 0 Å². The zero-order valence-electron chi connectivity index (χ0n) is 12.6. The lowest BCUT2D eigenvalue weighted by atomic mass is 10.1. The van der Waals surface area contributed by atoms with Crippen LogP contribution < -0.4 is 15.8 Å². The first-order chi connectivity index (χ1) is 11.2. The normalized spacial score (nSPS) is 10.8. The van der Waals surface area contributed by atoms with Gasteiger partial charge in [-0.3, -0.25) is 4.79 Å². The van der Waals surface area contributed by atoms with Gasteiger partial charge in [-0.2, -0.15) is 0 Å². The second-order valence-electron chi connectivity index (χ2n) is 5.02. The highest BCUT2D eigenvalue weighted by molar-refractivity contribution is 5.84. The summed E-state index contributed by atoms with van der Waals surface area (Å²) in [6.07, 6.45) is 2.64. The Morgan fingerprint density at radius 3 is 3.09 bits per heavy atom. The first-order valence-electron chi connectivity index (χ1n) is 7.09. The van der Waals surface area contributed by atoms with Crippen LogP contribution in [0.5, 0.6) is 5.75 Å². The van der Waals surface area contributed by atoms with Crippen LogP contribution in [-0.4, -0.2) is 44.8 Å². The van der Waals surface area contributed by atoms with Crippen molar-refractivity contribution in [2.24, 2.45) is 0 Å². The highest BCUT2D eigenvalue weighted by atomic mass is 16.5. The number of carbonyl (C=O) groups is 1. The molecule has 4 N–H and O–H groups in total. The number of aromatic nitrogens is 5. The molecule has 3 rings (SSSR count). The number of tetrazole rings is 1. The number of methoxy groups -OCH3 is 1. The van der Waals surface area contributed by atoms with E-state index in [9.17, 15) is 4.79 Å². The van der Waals surface area contributed by atoms with Crippen molar-refractivity contribution in [3.8, 4) is 5.75 Å². The third kappa shape index (κ3) is 3.23. The molecule has 0 aliphatic heterocycles. The van der Waals surface area contributed by atoms with Crippen molar-refractivity contribution in [1.82, 2.24) is 30.5 Å². The summed E-state index contributed by atoms with van der Waals surface area (Å²) in [5, 5.41) is 14.4. The Morgan fingerprint density at radius 2 is 2.35 bits per heavy atom. The molecule has 0 bridgehead atoms. The number of H-pyrrole nitrogens is 1. The van der Waals surface area contributed by atoms with E-state index in [4.69, 9.17) is 10.5 Å². The van der Waals surface area contributed by atoms with Crippen LogP contribution in [0.15, 0.2) is 24.4 Å². The predicted molar refractivity (Wildman–Crippen MR) is 83.8 cm³/mol. The minimum absolute atomic E-state index is 0.000537. The predicted octanol–water partition coefficient (Wildman–Crippen LogP) is 0.104. The average molecular weight is 315 g/mol. The van der Waals surface area contributed by atoms with Crippen LogP contribution in [0.4, 0.5) is 5.95 Å². The molecule has 3 aromatic rings. The molecular formula is C14H17N7O2. The molecule has 0 unspecified atom stereocenters. The van der Waals surface area contributed by atoms with Gasteiger partial charge >= 0.3 is 0 Å². The standard InChI is InChI=1S/C14H17N7O2/c1-23-10-2-3-12-11(6-10)9(7-17-12)4-5-16-13(22)8-21-14(15)18-19-20-21/h2-3,6-7,17H,4-5,8H2,1H3,(H,16,22)(H2,15,18,20). The van der Waals surface area contributed by atoms with Gasteiger partial charge < -0.3 is 20.8 Å². The van der Waals surface area contributed by atoms with E-state index >= 15 is 0 Å². The number of amides is 1. The van der Waals surface area contributed by atoms with Gasteiger partial charge in [0, 0.05) is 23.6 Å². The highest BCUT2D eigenvalue weighted by Crippen LogP contribution is 2.23. The summed E-state index contributed by atoms with van der Waals surface area (Å²) in [5.74, 6) is 0.724. The SMILES string of the molecule is COc1ccc2[nH]cc(CCNC(=O)Cn3nnnc3N)c2c1. The average Bonchev–Trinajstić information content (AvgIpc) is 3.14. The zero-order chi connectivity index (χ0) is 16.2. The number of carbonyl (C=O) groups excluding carboxylic acids is 1. The lowest BCUT2D eigenvalue weighted by Gasteiger charge is -2.05. The number of nitrogens with two attached hydrogens (primary N) is 1. The number of aromatic amines is 1. The summed E-state index contributed by atoms with van der Waals surface area (Å²) in [4.78, 5) is 15.1. The molecule has 2 aromatic heterocycles. The molecule has 2 heterocycles. The fourth-order valence-corrected chi connectivity index (χ4v) is 2.34. The molecule has 9 heteroatoms. The van der Waals surface area contributed by atoms with Crippen molar-refractivity contribution in [3.05, 3.63) is 30.0 Å². The van der Waals surface area contributed by atoms with Gasteiger partial charge in [0.05, 0.1) is 7.11 Å². The Morgan fingerprint density at radius 1 is 1.48 bits per heavy atom. The van der Waals surface area contributed by atoms with Gasteiger partial charge in [0.1, 0.15) is 12.3 Å². The van der Waals surface area contributed by atoms with Crippen molar-refractivity contribution in [2.45, 2.75) is 13.0 Å². The molecule has 9 nitrogen and oxygen atoms in total. The lowest BCUT2D eigenvalue weighted by molar-refractivity contribution is -0.121. The largest absolute Gasteiger partial charge is 0.497 e. The number of nitrogen functional groups attached to an aromatic ring is 1. The summed E-state index contributed by atoms with van der Waals surface area (Å²) in [7, 11) is 1.64. The summed E-state index contributed by atoms with van der Waals surface area (Å²) in [5.41, 5.74) is 7.66. The van der Waals surface area contributed by atoms with Crippen molar-refractivity contribution in [3.63, 3.8) is 0 Å². The van der Waals surface area contributed by atoms with Crippen LogP contribution >= 0.6 is 0 Å². The third-order valence-electron chi connectivity index (χ3n) is 3.54. The molecule has 0 saturated heterocycles. The van der Waals surface area contributed by atoms with E-state index in [1.165, 1.54) is 4.68 Å². The molecule has 1 aromatic carbocycles. The molecule has 1 amide bonds. The van der Waals surface area contributed by atoms with Crippen LogP contribution in [0.1, 0.15) is 5.56 Å². The molecule has 0 aliphatic rings. The van der Waals surface area contributed by atoms with E-state index in [1.54, 1.807) is 7.11 Å². The minimum Gasteiger partial charge on any atom is -0.497 e. The van der Waals surface area contributed by atoms with Crippen molar-refractivity contribution in [1.29, 1.82) is 0 Å². The zero-order valence-corrected chi connectivity index (χ0v) is 12.6. The molecule has 120 valence electrons. The van der Waals surface area contributed by atoms with E-state index in [1.807, 2.05) is 24.4 Å². The Bertz CT molecular complexity index is 824. The number of fused-ring (bicyclic) bond motifs is 1. The Labute approximate surface area is 131 Å². The van der Waals surface area contributed by atoms with Crippen molar-refractivity contribution >= 4 is 22.8 Å². The smallest absolute Gasteiger partial charge is 0.241 e. The van der Waals surface area contributed by atoms with E-state index in [0.717, 1.165) is 22.2 Å². The van der Waals surface area contributed by atoms with Gasteiger partial charge in [0.2, 0.25) is 11.9 Å². The van der Waals surface area contributed by atoms with Crippen LogP contribution in [-0.2, 0) is 17.8 Å². The Kier molecular flexibility index (Phi) is 4.09. The third-order valence-corrected chi connectivity index (χ3v) is 3.54. The number of nitrogens with one attached hydrogen (secondary N) is 2. The van der Waals surface area contributed by atoms with Crippen molar-refractivity contribution in [2.75, 3.05) is 19.4 Å².